The number of carbonyl (C=O) groups is 1. The molecule has 0 spiro atoms. The second kappa shape index (κ2) is 4.99. The molecule has 2 heterocycles. The molecule has 1 aliphatic heterocycles. The standard InChI is InChI=1S/C13H12F2N4O/c14-10-3-1-8(5-11(10)15)13(20)18-9-2-4-12-16-7-17-19(12)6-9/h1,3,5,7,9H,2,4,6H2,(H,18,20). The average molecular weight is 278 g/mol. The monoisotopic (exact) mass is 278 g/mol. The molecule has 20 heavy (non-hydrogen) atoms. The van der Waals surface area contributed by atoms with Crippen LogP contribution < -0.4 is 5.32 Å². The Morgan fingerprint density at radius 1 is 1.35 bits per heavy atom. The summed E-state index contributed by atoms with van der Waals surface area (Å²) in [5.41, 5.74) is 0.105. The van der Waals surface area contributed by atoms with Crippen LogP contribution in [0.15, 0.2) is 24.5 Å². The molecule has 2 aromatic rings. The van der Waals surface area contributed by atoms with E-state index in [0.29, 0.717) is 6.54 Å². The van der Waals surface area contributed by atoms with Crippen molar-refractivity contribution in [1.29, 1.82) is 0 Å². The number of nitrogens with zero attached hydrogens (tertiary/aromatic N) is 3. The molecule has 0 aliphatic carbocycles. The van der Waals surface area contributed by atoms with Gasteiger partial charge in [0.1, 0.15) is 12.2 Å². The Labute approximate surface area is 113 Å². The Hall–Kier alpha value is -2.31. The summed E-state index contributed by atoms with van der Waals surface area (Å²) in [6.07, 6.45) is 2.95. The Bertz CT molecular complexity index is 656. The van der Waals surface area contributed by atoms with Crippen LogP contribution in [0.3, 0.4) is 0 Å². The van der Waals surface area contributed by atoms with Crippen LogP contribution in [0.2, 0.25) is 0 Å². The molecule has 0 bridgehead atoms. The number of amides is 1. The highest BCUT2D eigenvalue weighted by molar-refractivity contribution is 5.94. The lowest BCUT2D eigenvalue weighted by atomic mass is 10.1. The molecule has 0 radical (unpaired) electrons. The van der Waals surface area contributed by atoms with Crippen LogP contribution in [0, 0.1) is 11.6 Å². The molecule has 0 saturated carbocycles. The van der Waals surface area contributed by atoms with Crippen molar-refractivity contribution in [3.8, 4) is 0 Å². The summed E-state index contributed by atoms with van der Waals surface area (Å²) in [5.74, 6) is -1.52. The maximum atomic E-state index is 13.1. The highest BCUT2D eigenvalue weighted by Crippen LogP contribution is 2.13. The molecule has 5 nitrogen and oxygen atoms in total. The number of rotatable bonds is 2. The molecule has 1 aromatic heterocycles. The van der Waals surface area contributed by atoms with Gasteiger partial charge in [0.05, 0.1) is 6.54 Å². The van der Waals surface area contributed by atoms with Crippen molar-refractivity contribution in [3.63, 3.8) is 0 Å². The fraction of sp³-hybridized carbons (Fsp3) is 0.308. The molecule has 1 N–H and O–H groups in total. The SMILES string of the molecule is O=C(NC1CCc2ncnn2C1)c1ccc(F)c(F)c1. The highest BCUT2D eigenvalue weighted by Gasteiger charge is 2.22. The van der Waals surface area contributed by atoms with Crippen LogP contribution in [-0.4, -0.2) is 26.7 Å². The molecule has 1 atom stereocenters. The van der Waals surface area contributed by atoms with Crippen molar-refractivity contribution in [1.82, 2.24) is 20.1 Å². The summed E-state index contributed by atoms with van der Waals surface area (Å²) >= 11 is 0. The molecule has 1 amide bonds. The summed E-state index contributed by atoms with van der Waals surface area (Å²) in [6.45, 7) is 0.532. The lowest BCUT2D eigenvalue weighted by Crippen LogP contribution is -2.41. The third kappa shape index (κ3) is 2.38. The first-order valence-electron chi connectivity index (χ1n) is 6.26. The number of carbonyl (C=O) groups excluding carboxylic acids is 1. The van der Waals surface area contributed by atoms with Crippen LogP contribution in [-0.2, 0) is 13.0 Å². The van der Waals surface area contributed by atoms with Gasteiger partial charge in [0.25, 0.3) is 5.91 Å². The van der Waals surface area contributed by atoms with E-state index in [1.165, 1.54) is 12.4 Å². The van der Waals surface area contributed by atoms with E-state index >= 15 is 0 Å². The number of aryl methyl sites for hydroxylation is 1. The number of hydrogen-bond donors (Lipinski definition) is 1. The topological polar surface area (TPSA) is 59.8 Å². The predicted molar refractivity (Wildman–Crippen MR) is 66.0 cm³/mol. The van der Waals surface area contributed by atoms with E-state index < -0.39 is 17.5 Å². The third-order valence-corrected chi connectivity index (χ3v) is 3.32. The lowest BCUT2D eigenvalue weighted by molar-refractivity contribution is 0.0925. The van der Waals surface area contributed by atoms with Gasteiger partial charge in [0.2, 0.25) is 0 Å². The summed E-state index contributed by atoms with van der Waals surface area (Å²) in [5, 5.41) is 6.85. The van der Waals surface area contributed by atoms with E-state index in [9.17, 15) is 13.6 Å². The van der Waals surface area contributed by atoms with Gasteiger partial charge in [-0.05, 0) is 24.6 Å². The Morgan fingerprint density at radius 2 is 2.20 bits per heavy atom. The summed E-state index contributed by atoms with van der Waals surface area (Å²) in [6, 6.07) is 3.01. The fourth-order valence-corrected chi connectivity index (χ4v) is 2.26. The van der Waals surface area contributed by atoms with Gasteiger partial charge in [-0.25, -0.2) is 18.4 Å². The van der Waals surface area contributed by atoms with E-state index in [1.54, 1.807) is 4.68 Å². The van der Waals surface area contributed by atoms with Gasteiger partial charge in [0.15, 0.2) is 11.6 Å². The minimum atomic E-state index is -1.03. The molecule has 0 saturated heterocycles. The highest BCUT2D eigenvalue weighted by atomic mass is 19.2. The Kier molecular flexibility index (Phi) is 3.17. The molecule has 7 heteroatoms. The molecule has 1 aromatic carbocycles. The number of fused-ring (bicyclic) bond motifs is 1. The molecule has 3 rings (SSSR count). The minimum absolute atomic E-state index is 0.0928. The fourth-order valence-electron chi connectivity index (χ4n) is 2.26. The van der Waals surface area contributed by atoms with Crippen molar-refractivity contribution >= 4 is 5.91 Å². The van der Waals surface area contributed by atoms with Crippen LogP contribution in [0.5, 0.6) is 0 Å². The van der Waals surface area contributed by atoms with Gasteiger partial charge >= 0.3 is 0 Å². The summed E-state index contributed by atoms with van der Waals surface area (Å²) in [4.78, 5) is 16.1. The van der Waals surface area contributed by atoms with Gasteiger partial charge in [-0.15, -0.1) is 0 Å². The van der Waals surface area contributed by atoms with Crippen molar-refractivity contribution in [2.45, 2.75) is 25.4 Å². The largest absolute Gasteiger partial charge is 0.347 e. The van der Waals surface area contributed by atoms with Crippen molar-refractivity contribution in [2.75, 3.05) is 0 Å². The van der Waals surface area contributed by atoms with E-state index in [-0.39, 0.29) is 11.6 Å². The minimum Gasteiger partial charge on any atom is -0.347 e. The second-order valence-corrected chi connectivity index (χ2v) is 4.70. The third-order valence-electron chi connectivity index (χ3n) is 3.32. The molecular formula is C13H12F2N4O. The Balaban J connectivity index is 1.69. The van der Waals surface area contributed by atoms with Gasteiger partial charge < -0.3 is 5.32 Å². The zero-order valence-corrected chi connectivity index (χ0v) is 10.5. The zero-order valence-electron chi connectivity index (χ0n) is 10.5. The average Bonchev–Trinajstić information content (AvgIpc) is 2.89. The van der Waals surface area contributed by atoms with Gasteiger partial charge in [-0.1, -0.05) is 0 Å². The van der Waals surface area contributed by atoms with Crippen molar-refractivity contribution in [3.05, 3.63) is 47.5 Å². The van der Waals surface area contributed by atoms with Crippen LogP contribution in [0.4, 0.5) is 8.78 Å². The first kappa shape index (κ1) is 12.7. The van der Waals surface area contributed by atoms with Gasteiger partial charge in [0, 0.05) is 18.0 Å². The maximum Gasteiger partial charge on any atom is 0.251 e. The Morgan fingerprint density at radius 3 is 3.00 bits per heavy atom. The quantitative estimate of drug-likeness (QED) is 0.900. The molecule has 0 fully saturated rings. The first-order valence-corrected chi connectivity index (χ1v) is 6.26. The predicted octanol–water partition coefficient (Wildman–Crippen LogP) is 1.30. The van der Waals surface area contributed by atoms with E-state index in [1.807, 2.05) is 0 Å². The van der Waals surface area contributed by atoms with Crippen LogP contribution >= 0.6 is 0 Å². The molecule has 104 valence electrons. The zero-order chi connectivity index (χ0) is 14.1. The van der Waals surface area contributed by atoms with Crippen LogP contribution in [0.25, 0.3) is 0 Å². The lowest BCUT2D eigenvalue weighted by Gasteiger charge is -2.23. The molecule has 1 unspecified atom stereocenters. The summed E-state index contributed by atoms with van der Waals surface area (Å²) in [7, 11) is 0. The van der Waals surface area contributed by atoms with Gasteiger partial charge in [-0.2, -0.15) is 5.10 Å². The second-order valence-electron chi connectivity index (χ2n) is 4.70. The van der Waals surface area contributed by atoms with Gasteiger partial charge in [-0.3, -0.25) is 4.79 Å². The van der Waals surface area contributed by atoms with E-state index in [2.05, 4.69) is 15.4 Å². The number of benzene rings is 1. The van der Waals surface area contributed by atoms with Crippen molar-refractivity contribution < 1.29 is 13.6 Å². The van der Waals surface area contributed by atoms with E-state index in [4.69, 9.17) is 0 Å². The smallest absolute Gasteiger partial charge is 0.251 e. The summed E-state index contributed by atoms with van der Waals surface area (Å²) < 4.78 is 27.7. The van der Waals surface area contributed by atoms with Crippen LogP contribution in [0.1, 0.15) is 22.6 Å². The molecule has 1 aliphatic rings. The number of halogens is 2. The number of aromatic nitrogens is 3. The van der Waals surface area contributed by atoms with Crippen molar-refractivity contribution in [2.24, 2.45) is 0 Å². The maximum absolute atomic E-state index is 13.1. The number of hydrogen-bond acceptors (Lipinski definition) is 3. The first-order chi connectivity index (χ1) is 9.63. The normalized spacial score (nSPS) is 17.6. The molecular weight excluding hydrogens is 266 g/mol. The van der Waals surface area contributed by atoms with E-state index in [0.717, 1.165) is 30.8 Å². The number of nitrogens with one attached hydrogen (secondary N) is 1.